The molecule has 2 aromatic carbocycles. The van der Waals surface area contributed by atoms with Gasteiger partial charge in [-0.1, -0.05) is 42.5 Å². The van der Waals surface area contributed by atoms with Crippen LogP contribution in [0.2, 0.25) is 0 Å². The molecule has 3 rings (SSSR count). The molecule has 1 atom stereocenters. The van der Waals surface area contributed by atoms with E-state index in [2.05, 4.69) is 0 Å². The Morgan fingerprint density at radius 3 is 2.52 bits per heavy atom. The van der Waals surface area contributed by atoms with Gasteiger partial charge in [-0.2, -0.15) is 0 Å². The number of halogens is 2. The molecule has 1 heterocycles. The van der Waals surface area contributed by atoms with Crippen LogP contribution in [0.5, 0.6) is 0 Å². The molecule has 1 amide bonds. The van der Waals surface area contributed by atoms with Crippen molar-refractivity contribution in [2.24, 2.45) is 0 Å². The van der Waals surface area contributed by atoms with Gasteiger partial charge in [0.2, 0.25) is 0 Å². The number of cyclic esters (lactones) is 1. The third-order valence-electron chi connectivity index (χ3n) is 4.13. The summed E-state index contributed by atoms with van der Waals surface area (Å²) in [6, 6.07) is 11.9. The summed E-state index contributed by atoms with van der Waals surface area (Å²) in [7, 11) is 3.77. The van der Waals surface area contributed by atoms with E-state index < -0.39 is 17.7 Å². The van der Waals surface area contributed by atoms with Crippen LogP contribution in [0.4, 0.5) is 13.6 Å². The zero-order chi connectivity index (χ0) is 18.0. The molecule has 25 heavy (non-hydrogen) atoms. The van der Waals surface area contributed by atoms with Crippen LogP contribution in [0.1, 0.15) is 5.56 Å². The van der Waals surface area contributed by atoms with E-state index in [1.807, 2.05) is 25.1 Å². The van der Waals surface area contributed by atoms with Crippen molar-refractivity contribution in [1.29, 1.82) is 0 Å². The van der Waals surface area contributed by atoms with Crippen molar-refractivity contribution in [1.82, 2.24) is 9.80 Å². The van der Waals surface area contributed by atoms with Crippen molar-refractivity contribution < 1.29 is 18.3 Å². The van der Waals surface area contributed by atoms with E-state index in [4.69, 9.17) is 4.74 Å². The van der Waals surface area contributed by atoms with Gasteiger partial charge in [-0.05, 0) is 19.7 Å². The Balaban J connectivity index is 1.78. The number of hydrogen-bond acceptors (Lipinski definition) is 3. The highest BCUT2D eigenvalue weighted by Crippen LogP contribution is 2.27. The van der Waals surface area contributed by atoms with Gasteiger partial charge in [0, 0.05) is 17.7 Å². The van der Waals surface area contributed by atoms with Crippen LogP contribution in [0.3, 0.4) is 0 Å². The van der Waals surface area contributed by atoms with Gasteiger partial charge in [-0.25, -0.2) is 13.6 Å². The molecule has 0 radical (unpaired) electrons. The van der Waals surface area contributed by atoms with E-state index in [0.717, 1.165) is 0 Å². The van der Waals surface area contributed by atoms with Crippen LogP contribution in [-0.2, 0) is 11.3 Å². The lowest BCUT2D eigenvalue weighted by Gasteiger charge is -2.16. The van der Waals surface area contributed by atoms with Crippen molar-refractivity contribution >= 4 is 6.09 Å². The maximum atomic E-state index is 14.5. The quantitative estimate of drug-likeness (QED) is 0.831. The van der Waals surface area contributed by atoms with E-state index >= 15 is 0 Å². The second kappa shape index (κ2) is 7.19. The minimum Gasteiger partial charge on any atom is -0.443 e. The fourth-order valence-electron chi connectivity index (χ4n) is 2.96. The summed E-state index contributed by atoms with van der Waals surface area (Å²) < 4.78 is 34.2. The number of rotatable bonds is 5. The van der Waals surface area contributed by atoms with Gasteiger partial charge in [0.05, 0.1) is 13.1 Å². The summed E-state index contributed by atoms with van der Waals surface area (Å²) in [5.74, 6) is -1.83. The Labute approximate surface area is 145 Å². The predicted octanol–water partition coefficient (Wildman–Crippen LogP) is 3.51. The number of amides is 1. The van der Waals surface area contributed by atoms with Crippen LogP contribution in [0.25, 0.3) is 11.1 Å². The maximum absolute atomic E-state index is 14.5. The van der Waals surface area contributed by atoms with Crippen LogP contribution in [-0.4, -0.2) is 49.2 Å². The number of nitrogens with zero attached hydrogens (tertiary/aromatic N) is 2. The summed E-state index contributed by atoms with van der Waals surface area (Å²) >= 11 is 0. The van der Waals surface area contributed by atoms with Gasteiger partial charge in [0.1, 0.15) is 6.10 Å². The maximum Gasteiger partial charge on any atom is 0.410 e. The van der Waals surface area contributed by atoms with Crippen molar-refractivity contribution in [3.05, 3.63) is 59.7 Å². The largest absolute Gasteiger partial charge is 0.443 e. The highest BCUT2D eigenvalue weighted by Gasteiger charge is 2.32. The molecule has 0 aromatic heterocycles. The monoisotopic (exact) mass is 346 g/mol. The van der Waals surface area contributed by atoms with E-state index in [-0.39, 0.29) is 23.8 Å². The third-order valence-corrected chi connectivity index (χ3v) is 4.13. The number of benzene rings is 2. The molecule has 2 aromatic rings. The van der Waals surface area contributed by atoms with Crippen molar-refractivity contribution in [2.75, 3.05) is 27.2 Å². The van der Waals surface area contributed by atoms with Gasteiger partial charge in [-0.3, -0.25) is 0 Å². The van der Waals surface area contributed by atoms with Crippen molar-refractivity contribution in [2.45, 2.75) is 12.6 Å². The van der Waals surface area contributed by atoms with Crippen LogP contribution in [0, 0.1) is 11.6 Å². The van der Waals surface area contributed by atoms with Gasteiger partial charge >= 0.3 is 6.09 Å². The Kier molecular flexibility index (Phi) is 4.99. The molecule has 4 nitrogen and oxygen atoms in total. The molecule has 1 unspecified atom stereocenters. The Morgan fingerprint density at radius 2 is 1.84 bits per heavy atom. The van der Waals surface area contributed by atoms with Gasteiger partial charge in [-0.15, -0.1) is 0 Å². The lowest BCUT2D eigenvalue weighted by molar-refractivity contribution is 0.118. The summed E-state index contributed by atoms with van der Waals surface area (Å²) in [6.07, 6.45) is -0.766. The number of ether oxygens (including phenoxy) is 1. The second-order valence-electron chi connectivity index (χ2n) is 6.41. The van der Waals surface area contributed by atoms with E-state index in [9.17, 15) is 13.6 Å². The highest BCUT2D eigenvalue weighted by molar-refractivity contribution is 5.70. The van der Waals surface area contributed by atoms with Gasteiger partial charge in [0.25, 0.3) is 0 Å². The first-order valence-corrected chi connectivity index (χ1v) is 8.08. The van der Waals surface area contributed by atoms with Crippen molar-refractivity contribution in [3.63, 3.8) is 0 Å². The number of hydrogen-bond donors (Lipinski definition) is 0. The standard InChI is InChI=1S/C19H20F2N2O2/c1-22(2)11-15-12-23(19(24)25-15)10-14-8-9-16(18(21)17(14)20)13-6-4-3-5-7-13/h3-9,15H,10-12H2,1-2H3. The first-order chi connectivity index (χ1) is 12.0. The Morgan fingerprint density at radius 1 is 1.12 bits per heavy atom. The van der Waals surface area contributed by atoms with Gasteiger partial charge in [0.15, 0.2) is 11.6 Å². The van der Waals surface area contributed by atoms with Gasteiger partial charge < -0.3 is 14.5 Å². The molecule has 6 heteroatoms. The summed E-state index contributed by atoms with van der Waals surface area (Å²) in [5.41, 5.74) is 0.952. The first kappa shape index (κ1) is 17.4. The Hall–Kier alpha value is -2.47. The van der Waals surface area contributed by atoms with Crippen molar-refractivity contribution in [3.8, 4) is 11.1 Å². The molecule has 1 aliphatic heterocycles. The molecule has 132 valence electrons. The number of carbonyl (C=O) groups is 1. The van der Waals surface area contributed by atoms with E-state index in [1.165, 1.54) is 11.0 Å². The molecule has 1 aliphatic rings. The first-order valence-electron chi connectivity index (χ1n) is 8.08. The zero-order valence-electron chi connectivity index (χ0n) is 14.2. The Bertz CT molecular complexity index is 766. The molecule has 0 bridgehead atoms. The lowest BCUT2D eigenvalue weighted by atomic mass is 10.0. The second-order valence-corrected chi connectivity index (χ2v) is 6.41. The molecule has 1 fully saturated rings. The summed E-state index contributed by atoms with van der Waals surface area (Å²) in [5, 5.41) is 0. The fourth-order valence-corrected chi connectivity index (χ4v) is 2.96. The minimum atomic E-state index is -0.926. The number of likely N-dealkylation sites (N-methyl/N-ethyl adjacent to an activating group) is 1. The molecule has 0 spiro atoms. The SMILES string of the molecule is CN(C)CC1CN(Cc2ccc(-c3ccccc3)c(F)c2F)C(=O)O1. The average Bonchev–Trinajstić information content (AvgIpc) is 2.91. The fraction of sp³-hybridized carbons (Fsp3) is 0.316. The van der Waals surface area contributed by atoms with Crippen LogP contribution in [0.15, 0.2) is 42.5 Å². The zero-order valence-corrected chi connectivity index (χ0v) is 14.2. The number of carbonyl (C=O) groups excluding carboxylic acids is 1. The molecule has 0 N–H and O–H groups in total. The van der Waals surface area contributed by atoms with Crippen LogP contribution >= 0.6 is 0 Å². The topological polar surface area (TPSA) is 32.8 Å². The van der Waals surface area contributed by atoms with E-state index in [1.54, 1.807) is 30.3 Å². The molecular weight excluding hydrogens is 326 g/mol. The summed E-state index contributed by atoms with van der Waals surface area (Å²) in [4.78, 5) is 15.2. The van der Waals surface area contributed by atoms with E-state index in [0.29, 0.717) is 18.7 Å². The minimum absolute atomic E-state index is 0.0133. The molecule has 0 saturated carbocycles. The molecular formula is C19H20F2N2O2. The molecule has 1 saturated heterocycles. The summed E-state index contributed by atoms with van der Waals surface area (Å²) in [6.45, 7) is 0.936. The smallest absolute Gasteiger partial charge is 0.410 e. The predicted molar refractivity (Wildman–Crippen MR) is 91.0 cm³/mol. The van der Waals surface area contributed by atoms with Crippen LogP contribution < -0.4 is 0 Å². The third kappa shape index (κ3) is 3.79. The molecule has 0 aliphatic carbocycles. The average molecular weight is 346 g/mol. The lowest BCUT2D eigenvalue weighted by Crippen LogP contribution is -2.30. The highest BCUT2D eigenvalue weighted by atomic mass is 19.2. The normalized spacial score (nSPS) is 17.2.